The summed E-state index contributed by atoms with van der Waals surface area (Å²) >= 11 is 0. The number of rotatable bonds is 12. The van der Waals surface area contributed by atoms with E-state index in [1.54, 1.807) is 0 Å². The van der Waals surface area contributed by atoms with Crippen LogP contribution < -0.4 is 10.2 Å². The molecular weight excluding hydrogens is 591 g/mol. The van der Waals surface area contributed by atoms with Gasteiger partial charge in [-0.15, -0.1) is 0 Å². The molecular formula is C17H11F13N2O5S. The number of hydrogen-bond donors (Lipinski definition) is 1. The van der Waals surface area contributed by atoms with E-state index in [1.807, 2.05) is 4.74 Å². The van der Waals surface area contributed by atoms with Gasteiger partial charge in [0.15, 0.2) is 5.83 Å². The third kappa shape index (κ3) is 6.59. The van der Waals surface area contributed by atoms with Crippen molar-refractivity contribution in [2.75, 3.05) is 7.11 Å². The lowest BCUT2D eigenvalue weighted by Gasteiger charge is -2.37. The fourth-order valence-corrected chi connectivity index (χ4v) is 2.89. The zero-order chi connectivity index (χ0) is 30.0. The Morgan fingerprint density at radius 2 is 1.47 bits per heavy atom. The van der Waals surface area contributed by atoms with E-state index in [2.05, 4.69) is 4.28 Å². The molecule has 0 bridgehead atoms. The highest BCUT2D eigenvalue weighted by Crippen LogP contribution is 2.54. The van der Waals surface area contributed by atoms with Crippen molar-refractivity contribution in [1.82, 2.24) is 5.48 Å². The van der Waals surface area contributed by atoms with Gasteiger partial charge in [0.25, 0.3) is 0 Å². The van der Waals surface area contributed by atoms with Crippen molar-refractivity contribution in [2.24, 2.45) is 0 Å². The second-order valence-electron chi connectivity index (χ2n) is 6.77. The van der Waals surface area contributed by atoms with Crippen molar-refractivity contribution < 1.29 is 79.3 Å². The Morgan fingerprint density at radius 3 is 1.87 bits per heavy atom. The van der Waals surface area contributed by atoms with Gasteiger partial charge in [0.1, 0.15) is 11.8 Å². The van der Waals surface area contributed by atoms with Crippen molar-refractivity contribution in [3.05, 3.63) is 41.7 Å². The van der Waals surface area contributed by atoms with Crippen molar-refractivity contribution in [2.45, 2.75) is 41.8 Å². The van der Waals surface area contributed by atoms with Gasteiger partial charge in [-0.1, -0.05) is 12.1 Å². The second kappa shape index (κ2) is 11.1. The lowest BCUT2D eigenvalue weighted by atomic mass is 10.1. The number of ether oxygens (including phenoxy) is 2. The molecule has 21 heteroatoms. The Hall–Kier alpha value is -2.83. The predicted octanol–water partition coefficient (Wildman–Crippen LogP) is 5.64. The maximum atomic E-state index is 14.1. The topological polar surface area (TPSA) is 97.6 Å². The van der Waals surface area contributed by atoms with E-state index in [4.69, 9.17) is 10.00 Å². The number of nitrogens with one attached hydrogen (secondary N) is 1. The molecule has 0 aliphatic heterocycles. The van der Waals surface area contributed by atoms with E-state index >= 15 is 0 Å². The summed E-state index contributed by atoms with van der Waals surface area (Å²) in [5, 5.41) is 1.85. The average molecular weight is 602 g/mol. The van der Waals surface area contributed by atoms with E-state index in [-0.39, 0.29) is 11.3 Å². The fraction of sp³-hybridized carbons (Fsp3) is 0.471. The zero-order valence-electron chi connectivity index (χ0n) is 17.9. The van der Waals surface area contributed by atoms with Crippen molar-refractivity contribution >= 4 is 10.1 Å². The minimum absolute atomic E-state index is 0.156. The van der Waals surface area contributed by atoms with Crippen molar-refractivity contribution in [1.29, 1.82) is 5.26 Å². The van der Waals surface area contributed by atoms with Crippen LogP contribution in [0.3, 0.4) is 0 Å². The van der Waals surface area contributed by atoms with Gasteiger partial charge >= 0.3 is 45.5 Å². The number of allylic oxidation sites excluding steroid dienone is 1. The molecule has 0 fully saturated rings. The Labute approximate surface area is 203 Å². The van der Waals surface area contributed by atoms with Crippen LogP contribution in [-0.2, 0) is 19.1 Å². The highest BCUT2D eigenvalue weighted by Gasteiger charge is 2.81. The van der Waals surface area contributed by atoms with Crippen LogP contribution in [0.4, 0.5) is 57.1 Å². The first kappa shape index (κ1) is 33.2. The first-order chi connectivity index (χ1) is 17.0. The number of hydroxylamine groups is 1. The van der Waals surface area contributed by atoms with Crippen LogP contribution in [-0.4, -0.2) is 44.8 Å². The third-order valence-corrected chi connectivity index (χ3v) is 5.37. The smallest absolute Gasteiger partial charge is 0.461 e. The molecule has 0 aliphatic carbocycles. The Morgan fingerprint density at radius 1 is 0.974 bits per heavy atom. The van der Waals surface area contributed by atoms with Gasteiger partial charge in [-0.25, -0.2) is 4.39 Å². The summed E-state index contributed by atoms with van der Waals surface area (Å²) in [6.45, 7) is 0. The minimum Gasteiger partial charge on any atom is -0.497 e. The number of alkyl halides is 10. The number of methoxy groups -OCH3 is 1. The molecule has 1 aromatic rings. The largest absolute Gasteiger partial charge is 0.497 e. The molecule has 0 saturated heterocycles. The number of nitriles is 1. The minimum atomic E-state index is -7.47. The molecule has 0 saturated carbocycles. The highest BCUT2D eigenvalue weighted by molar-refractivity contribution is 7.87. The number of benzene rings is 1. The molecule has 1 N–H and O–H groups in total. The van der Waals surface area contributed by atoms with Crippen LogP contribution in [0.25, 0.3) is 0 Å². The number of halogens is 13. The molecule has 0 aliphatic rings. The molecule has 2 atom stereocenters. The molecule has 7 nitrogen and oxygen atoms in total. The number of nitrogens with zero attached hydrogens (tertiary/aromatic N) is 1. The summed E-state index contributed by atoms with van der Waals surface area (Å²) in [7, 11) is -6.12. The second-order valence-corrected chi connectivity index (χ2v) is 8.35. The summed E-state index contributed by atoms with van der Waals surface area (Å²) in [4.78, 5) is 0. The molecule has 0 aromatic heterocycles. The molecule has 0 radical (unpaired) electrons. The summed E-state index contributed by atoms with van der Waals surface area (Å²) in [5.41, 5.74) is 0.754. The van der Waals surface area contributed by atoms with Crippen LogP contribution in [0.2, 0.25) is 0 Å². The van der Waals surface area contributed by atoms with Crippen molar-refractivity contribution in [3.63, 3.8) is 0 Å². The lowest BCUT2D eigenvalue weighted by molar-refractivity contribution is -0.477. The molecule has 216 valence electrons. The molecule has 0 heterocycles. The van der Waals surface area contributed by atoms with Crippen LogP contribution in [0.15, 0.2) is 36.2 Å². The van der Waals surface area contributed by atoms with Crippen LogP contribution >= 0.6 is 0 Å². The Bertz CT molecular complexity index is 1160. The molecule has 38 heavy (non-hydrogen) atoms. The normalized spacial score (nSPS) is 15.8. The molecule has 2 unspecified atom stereocenters. The molecule has 1 rings (SSSR count). The first-order valence-corrected chi connectivity index (χ1v) is 10.4. The van der Waals surface area contributed by atoms with Gasteiger partial charge < -0.3 is 4.74 Å². The molecule has 0 spiro atoms. The van der Waals surface area contributed by atoms with E-state index in [9.17, 15) is 65.5 Å². The molecule has 1 aromatic carbocycles. The standard InChI is InChI=1S/C17H11F13N2O5S/c1-35-9-4-2-8(3-5-9)11(7-31)32-37-38(33,34)17(29,30)16(27,28)36-14(23,15(24,25)26)13(21,22)6-10(18)12(19)20/h2-5,11,32H,6H2,1H3. The van der Waals surface area contributed by atoms with Crippen LogP contribution in [0, 0.1) is 11.3 Å². The SMILES string of the molecule is COc1ccc(C(C#N)NOS(=O)(=O)C(F)(F)C(F)(F)OC(F)(C(F)(F)F)C(F)(F)CC(F)=C(F)F)cc1. The van der Waals surface area contributed by atoms with E-state index < -0.39 is 63.8 Å². The lowest BCUT2D eigenvalue weighted by Crippen LogP contribution is -2.63. The maximum Gasteiger partial charge on any atom is 0.461 e. The predicted molar refractivity (Wildman–Crippen MR) is 95.3 cm³/mol. The Balaban J connectivity index is 3.35. The Kier molecular flexibility index (Phi) is 9.71. The van der Waals surface area contributed by atoms with Gasteiger partial charge in [0.05, 0.1) is 19.6 Å². The van der Waals surface area contributed by atoms with Crippen molar-refractivity contribution in [3.8, 4) is 11.8 Å². The average Bonchev–Trinajstić information content (AvgIpc) is 2.78. The number of hydrogen-bond acceptors (Lipinski definition) is 7. The van der Waals surface area contributed by atoms with Gasteiger partial charge in [-0.2, -0.15) is 76.1 Å². The summed E-state index contributed by atoms with van der Waals surface area (Å²) in [6, 6.07) is 3.42. The maximum absolute atomic E-state index is 14.1. The quantitative estimate of drug-likeness (QED) is 0.244. The van der Waals surface area contributed by atoms with Crippen LogP contribution in [0.1, 0.15) is 18.0 Å². The van der Waals surface area contributed by atoms with E-state index in [0.717, 1.165) is 29.7 Å². The fourth-order valence-electron chi connectivity index (χ4n) is 2.23. The van der Waals surface area contributed by atoms with Gasteiger partial charge in [0, 0.05) is 0 Å². The van der Waals surface area contributed by atoms with Crippen LogP contribution in [0.5, 0.6) is 5.75 Å². The van der Waals surface area contributed by atoms with Gasteiger partial charge in [-0.3, -0.25) is 4.74 Å². The summed E-state index contributed by atoms with van der Waals surface area (Å²) in [5.74, 6) is -17.5. The third-order valence-electron chi connectivity index (χ3n) is 4.19. The highest BCUT2D eigenvalue weighted by atomic mass is 32.2. The van der Waals surface area contributed by atoms with E-state index in [1.165, 1.54) is 13.2 Å². The van der Waals surface area contributed by atoms with Gasteiger partial charge in [0.2, 0.25) is 0 Å². The summed E-state index contributed by atoms with van der Waals surface area (Å²) in [6.07, 6.45) is -22.2. The summed E-state index contributed by atoms with van der Waals surface area (Å²) < 4.78 is 206. The zero-order valence-corrected chi connectivity index (χ0v) is 18.7. The molecule has 0 amide bonds. The van der Waals surface area contributed by atoms with Gasteiger partial charge in [-0.05, 0) is 17.7 Å². The van der Waals surface area contributed by atoms with E-state index in [0.29, 0.717) is 0 Å². The first-order valence-electron chi connectivity index (χ1n) is 9.00. The monoisotopic (exact) mass is 602 g/mol.